The zero-order valence-corrected chi connectivity index (χ0v) is 11.9. The molecule has 0 radical (unpaired) electrons. The fourth-order valence-electron chi connectivity index (χ4n) is 1.88. The number of hydrogen-bond donors (Lipinski definition) is 2. The molecule has 0 amide bonds. The van der Waals surface area contributed by atoms with Crippen LogP contribution in [0.3, 0.4) is 0 Å². The Balaban J connectivity index is 3.99. The first-order valence-corrected chi connectivity index (χ1v) is 7.08. The molecule has 2 unspecified atom stereocenters. The number of hydrogen-bond acceptors (Lipinski definition) is 4. The van der Waals surface area contributed by atoms with Gasteiger partial charge in [-0.2, -0.15) is 0 Å². The van der Waals surface area contributed by atoms with Gasteiger partial charge in [0.05, 0.1) is 18.9 Å². The molecule has 0 fully saturated rings. The van der Waals surface area contributed by atoms with E-state index in [2.05, 4.69) is 6.92 Å². The molecule has 5 heteroatoms. The Morgan fingerprint density at radius 2 is 1.74 bits per heavy atom. The van der Waals surface area contributed by atoms with Gasteiger partial charge in [-0.25, -0.2) is 0 Å². The number of aliphatic hydroxyl groups excluding tert-OH is 1. The molecule has 0 saturated carbocycles. The third kappa shape index (κ3) is 10.5. The van der Waals surface area contributed by atoms with Gasteiger partial charge in [-0.3, -0.25) is 9.59 Å². The lowest BCUT2D eigenvalue weighted by Crippen LogP contribution is -2.24. The SMILES string of the molecule is CCCCCC(O)CC(=O)OC(CCC)CC(=O)O. The van der Waals surface area contributed by atoms with Crippen LogP contribution < -0.4 is 0 Å². The summed E-state index contributed by atoms with van der Waals surface area (Å²) in [6, 6.07) is 0. The van der Waals surface area contributed by atoms with Crippen LogP contribution in [0, 0.1) is 0 Å². The second-order valence-electron chi connectivity index (χ2n) is 4.85. The molecule has 0 rings (SSSR count). The molecule has 0 aliphatic carbocycles. The van der Waals surface area contributed by atoms with Crippen LogP contribution >= 0.6 is 0 Å². The molecule has 112 valence electrons. The number of aliphatic hydroxyl groups is 1. The zero-order valence-electron chi connectivity index (χ0n) is 11.9. The van der Waals surface area contributed by atoms with Crippen molar-refractivity contribution < 1.29 is 24.5 Å². The van der Waals surface area contributed by atoms with Gasteiger partial charge in [0.1, 0.15) is 6.10 Å². The van der Waals surface area contributed by atoms with Crippen molar-refractivity contribution in [2.24, 2.45) is 0 Å². The van der Waals surface area contributed by atoms with Crippen molar-refractivity contribution in [3.8, 4) is 0 Å². The Bertz CT molecular complexity index is 265. The lowest BCUT2D eigenvalue weighted by molar-refractivity contribution is -0.155. The van der Waals surface area contributed by atoms with Gasteiger partial charge in [-0.05, 0) is 12.8 Å². The predicted octanol–water partition coefficient (Wildman–Crippen LogP) is 2.50. The van der Waals surface area contributed by atoms with E-state index in [1.807, 2.05) is 6.92 Å². The van der Waals surface area contributed by atoms with Crippen molar-refractivity contribution in [1.29, 1.82) is 0 Å². The minimum Gasteiger partial charge on any atom is -0.481 e. The topological polar surface area (TPSA) is 83.8 Å². The molecule has 0 aliphatic heterocycles. The summed E-state index contributed by atoms with van der Waals surface area (Å²) in [5.74, 6) is -1.49. The standard InChI is InChI=1S/C14H26O5/c1-3-5-6-8-11(15)9-14(18)19-12(7-4-2)10-13(16)17/h11-12,15H,3-10H2,1-2H3,(H,16,17). The molecule has 19 heavy (non-hydrogen) atoms. The van der Waals surface area contributed by atoms with E-state index in [9.17, 15) is 14.7 Å². The van der Waals surface area contributed by atoms with E-state index in [0.29, 0.717) is 12.8 Å². The Labute approximate surface area is 115 Å². The van der Waals surface area contributed by atoms with Crippen LogP contribution in [0.2, 0.25) is 0 Å². The molecule has 0 saturated heterocycles. The highest BCUT2D eigenvalue weighted by Crippen LogP contribution is 2.11. The predicted molar refractivity (Wildman–Crippen MR) is 71.8 cm³/mol. The summed E-state index contributed by atoms with van der Waals surface area (Å²) in [4.78, 5) is 22.2. The van der Waals surface area contributed by atoms with Crippen molar-refractivity contribution >= 4 is 11.9 Å². The summed E-state index contributed by atoms with van der Waals surface area (Å²) in [6.45, 7) is 3.98. The van der Waals surface area contributed by atoms with Crippen molar-refractivity contribution in [2.75, 3.05) is 0 Å². The summed E-state index contributed by atoms with van der Waals surface area (Å²) in [5.41, 5.74) is 0. The van der Waals surface area contributed by atoms with Crippen molar-refractivity contribution in [2.45, 2.75) is 77.4 Å². The number of carboxylic acids is 1. The van der Waals surface area contributed by atoms with E-state index < -0.39 is 24.1 Å². The second-order valence-corrected chi connectivity index (χ2v) is 4.85. The number of carbonyl (C=O) groups is 2. The molecule has 2 N–H and O–H groups in total. The molecule has 0 aromatic carbocycles. The second kappa shape index (κ2) is 10.8. The first-order valence-electron chi connectivity index (χ1n) is 7.08. The van der Waals surface area contributed by atoms with E-state index in [1.54, 1.807) is 0 Å². The molecule has 0 heterocycles. The normalized spacial score (nSPS) is 13.8. The van der Waals surface area contributed by atoms with Crippen molar-refractivity contribution in [3.05, 3.63) is 0 Å². The monoisotopic (exact) mass is 274 g/mol. The van der Waals surface area contributed by atoms with Crippen LogP contribution in [0.25, 0.3) is 0 Å². The van der Waals surface area contributed by atoms with Crippen LogP contribution in [0.5, 0.6) is 0 Å². The van der Waals surface area contributed by atoms with Gasteiger partial charge in [-0.1, -0.05) is 39.5 Å². The number of ether oxygens (including phenoxy) is 1. The van der Waals surface area contributed by atoms with Crippen molar-refractivity contribution in [1.82, 2.24) is 0 Å². The van der Waals surface area contributed by atoms with Crippen LogP contribution in [0.1, 0.15) is 65.2 Å². The number of carbonyl (C=O) groups excluding carboxylic acids is 1. The average molecular weight is 274 g/mol. The smallest absolute Gasteiger partial charge is 0.308 e. The maximum atomic E-state index is 11.6. The van der Waals surface area contributed by atoms with Gasteiger partial charge in [0.25, 0.3) is 0 Å². The highest BCUT2D eigenvalue weighted by Gasteiger charge is 2.19. The number of unbranched alkanes of at least 4 members (excludes halogenated alkanes) is 2. The Morgan fingerprint density at radius 3 is 2.26 bits per heavy atom. The highest BCUT2D eigenvalue weighted by molar-refractivity contribution is 5.71. The van der Waals surface area contributed by atoms with Gasteiger partial charge in [-0.15, -0.1) is 0 Å². The van der Waals surface area contributed by atoms with Crippen LogP contribution in [0.15, 0.2) is 0 Å². The molecule has 5 nitrogen and oxygen atoms in total. The lowest BCUT2D eigenvalue weighted by atomic mass is 10.1. The van der Waals surface area contributed by atoms with Crippen molar-refractivity contribution in [3.63, 3.8) is 0 Å². The number of aliphatic carboxylic acids is 1. The number of esters is 1. The van der Waals surface area contributed by atoms with Gasteiger partial charge in [0.15, 0.2) is 0 Å². The molecule has 0 aromatic heterocycles. The summed E-state index contributed by atoms with van der Waals surface area (Å²) in [7, 11) is 0. The summed E-state index contributed by atoms with van der Waals surface area (Å²) in [6.07, 6.45) is 3.35. The number of carboxylic acid groups (broad SMARTS) is 1. The third-order valence-electron chi connectivity index (χ3n) is 2.85. The molecule has 0 aromatic rings. The first kappa shape index (κ1) is 17.9. The van der Waals surface area contributed by atoms with E-state index in [0.717, 1.165) is 25.7 Å². The van der Waals surface area contributed by atoms with Gasteiger partial charge in [0.2, 0.25) is 0 Å². The van der Waals surface area contributed by atoms with E-state index in [4.69, 9.17) is 9.84 Å². The van der Waals surface area contributed by atoms with E-state index in [1.165, 1.54) is 0 Å². The molecule has 0 spiro atoms. The van der Waals surface area contributed by atoms with Gasteiger partial charge < -0.3 is 14.9 Å². The highest BCUT2D eigenvalue weighted by atomic mass is 16.5. The Morgan fingerprint density at radius 1 is 1.05 bits per heavy atom. The summed E-state index contributed by atoms with van der Waals surface area (Å²) in [5, 5.41) is 18.4. The minimum atomic E-state index is -0.977. The zero-order chi connectivity index (χ0) is 14.7. The Kier molecular flexibility index (Phi) is 10.2. The van der Waals surface area contributed by atoms with E-state index >= 15 is 0 Å². The largest absolute Gasteiger partial charge is 0.481 e. The molecule has 0 bridgehead atoms. The lowest BCUT2D eigenvalue weighted by Gasteiger charge is -2.16. The molecule has 0 aliphatic rings. The molecular weight excluding hydrogens is 248 g/mol. The fraction of sp³-hybridized carbons (Fsp3) is 0.857. The summed E-state index contributed by atoms with van der Waals surface area (Å²) < 4.78 is 5.10. The molecular formula is C14H26O5. The van der Waals surface area contributed by atoms with E-state index in [-0.39, 0.29) is 12.8 Å². The quantitative estimate of drug-likeness (QED) is 0.447. The average Bonchev–Trinajstić information content (AvgIpc) is 2.28. The Hall–Kier alpha value is -1.10. The molecule has 2 atom stereocenters. The van der Waals surface area contributed by atoms with Gasteiger partial charge in [0, 0.05) is 0 Å². The first-order chi connectivity index (χ1) is 8.99. The third-order valence-corrected chi connectivity index (χ3v) is 2.85. The number of rotatable bonds is 11. The van der Waals surface area contributed by atoms with Crippen LogP contribution in [-0.4, -0.2) is 34.4 Å². The van der Waals surface area contributed by atoms with Crippen LogP contribution in [-0.2, 0) is 14.3 Å². The minimum absolute atomic E-state index is 0.0520. The maximum Gasteiger partial charge on any atom is 0.308 e. The summed E-state index contributed by atoms with van der Waals surface area (Å²) >= 11 is 0. The fourth-order valence-corrected chi connectivity index (χ4v) is 1.88. The maximum absolute atomic E-state index is 11.6. The van der Waals surface area contributed by atoms with Gasteiger partial charge >= 0.3 is 11.9 Å². The van der Waals surface area contributed by atoms with Crippen LogP contribution in [0.4, 0.5) is 0 Å².